The number of pyridine rings is 1. The Kier molecular flexibility index (Phi) is 5.45. The van der Waals surface area contributed by atoms with E-state index in [4.69, 9.17) is 4.74 Å². The summed E-state index contributed by atoms with van der Waals surface area (Å²) in [6.45, 7) is 1.87. The molecule has 0 aliphatic heterocycles. The van der Waals surface area contributed by atoms with E-state index >= 15 is 0 Å². The molecule has 1 aromatic heterocycles. The van der Waals surface area contributed by atoms with Gasteiger partial charge in [-0.15, -0.1) is 0 Å². The van der Waals surface area contributed by atoms with E-state index in [0.717, 1.165) is 10.0 Å². The molecular formula is C15H14BrN3O2. The third-order valence-electron chi connectivity index (χ3n) is 2.52. The van der Waals surface area contributed by atoms with Crippen LogP contribution in [0.5, 0.6) is 5.75 Å². The second-order valence-electron chi connectivity index (χ2n) is 4.27. The Morgan fingerprint density at radius 3 is 3.00 bits per heavy atom. The highest BCUT2D eigenvalue weighted by Crippen LogP contribution is 2.25. The molecule has 21 heavy (non-hydrogen) atoms. The smallest absolute Gasteiger partial charge is 0.277 e. The topological polar surface area (TPSA) is 63.6 Å². The summed E-state index contributed by atoms with van der Waals surface area (Å²) in [6, 6.07) is 11.1. The maximum absolute atomic E-state index is 11.6. The number of hydrogen-bond acceptors (Lipinski definition) is 4. The maximum Gasteiger partial charge on any atom is 0.277 e. The molecule has 0 unspecified atom stereocenters. The van der Waals surface area contributed by atoms with Crippen LogP contribution < -0.4 is 10.2 Å². The lowest BCUT2D eigenvalue weighted by Gasteiger charge is -2.07. The van der Waals surface area contributed by atoms with E-state index in [1.54, 1.807) is 12.3 Å². The first-order valence-corrected chi connectivity index (χ1v) is 7.06. The van der Waals surface area contributed by atoms with Crippen molar-refractivity contribution in [1.82, 2.24) is 10.4 Å². The first-order valence-electron chi connectivity index (χ1n) is 6.27. The quantitative estimate of drug-likeness (QED) is 0.668. The first-order chi connectivity index (χ1) is 10.1. The van der Waals surface area contributed by atoms with Crippen molar-refractivity contribution in [2.24, 2.45) is 5.10 Å². The predicted molar refractivity (Wildman–Crippen MR) is 84.3 cm³/mol. The zero-order valence-corrected chi connectivity index (χ0v) is 13.0. The Morgan fingerprint density at radius 2 is 2.29 bits per heavy atom. The number of hydrazone groups is 1. The van der Waals surface area contributed by atoms with Crippen molar-refractivity contribution in [3.05, 3.63) is 58.3 Å². The molecule has 6 heteroatoms. The molecule has 0 bridgehead atoms. The largest absolute Gasteiger partial charge is 0.483 e. The average Bonchev–Trinajstić information content (AvgIpc) is 2.47. The number of carbonyl (C=O) groups is 1. The molecule has 5 nitrogen and oxygen atoms in total. The molecule has 0 saturated heterocycles. The van der Waals surface area contributed by atoms with Crippen molar-refractivity contribution in [2.45, 2.75) is 6.92 Å². The van der Waals surface area contributed by atoms with Crippen LogP contribution in [0.25, 0.3) is 0 Å². The van der Waals surface area contributed by atoms with E-state index in [-0.39, 0.29) is 12.5 Å². The van der Waals surface area contributed by atoms with Gasteiger partial charge in [-0.05, 0) is 52.7 Å². The number of aryl methyl sites for hydroxylation is 1. The number of aromatic nitrogens is 1. The number of amides is 1. The minimum atomic E-state index is -0.338. The summed E-state index contributed by atoms with van der Waals surface area (Å²) >= 11 is 3.39. The molecule has 0 saturated carbocycles. The van der Waals surface area contributed by atoms with Gasteiger partial charge in [-0.3, -0.25) is 9.78 Å². The molecule has 2 aromatic rings. The normalized spacial score (nSPS) is 10.6. The first kappa shape index (κ1) is 15.2. The molecule has 108 valence electrons. The Balaban J connectivity index is 1.81. The van der Waals surface area contributed by atoms with E-state index in [2.05, 4.69) is 31.4 Å². The molecule has 0 fully saturated rings. The zero-order chi connectivity index (χ0) is 15.1. The number of hydrogen-bond donors (Lipinski definition) is 1. The number of ether oxygens (including phenoxy) is 1. The van der Waals surface area contributed by atoms with Gasteiger partial charge in [0.2, 0.25) is 0 Å². The van der Waals surface area contributed by atoms with E-state index < -0.39 is 0 Å². The van der Waals surface area contributed by atoms with Crippen LogP contribution >= 0.6 is 15.9 Å². The summed E-state index contributed by atoms with van der Waals surface area (Å²) in [7, 11) is 0. The van der Waals surface area contributed by atoms with Crippen LogP contribution in [0.15, 0.2) is 52.2 Å². The van der Waals surface area contributed by atoms with Gasteiger partial charge in [0.25, 0.3) is 5.91 Å². The second kappa shape index (κ2) is 7.54. The van der Waals surface area contributed by atoms with Crippen molar-refractivity contribution in [3.8, 4) is 5.75 Å². The van der Waals surface area contributed by atoms with E-state index in [0.29, 0.717) is 11.4 Å². The van der Waals surface area contributed by atoms with Gasteiger partial charge in [0, 0.05) is 6.20 Å². The molecule has 0 atom stereocenters. The van der Waals surface area contributed by atoms with Crippen molar-refractivity contribution in [1.29, 1.82) is 0 Å². The zero-order valence-electron chi connectivity index (χ0n) is 11.4. The molecule has 1 N–H and O–H groups in total. The van der Waals surface area contributed by atoms with Crippen molar-refractivity contribution >= 4 is 28.1 Å². The summed E-state index contributed by atoms with van der Waals surface area (Å²) in [6.07, 6.45) is 3.13. The average molecular weight is 348 g/mol. The number of benzene rings is 1. The summed E-state index contributed by atoms with van der Waals surface area (Å²) in [4.78, 5) is 15.7. The van der Waals surface area contributed by atoms with Crippen LogP contribution in [0.1, 0.15) is 11.3 Å². The highest BCUT2D eigenvalue weighted by Gasteiger charge is 2.04. The van der Waals surface area contributed by atoms with E-state index in [1.165, 1.54) is 6.21 Å². The number of nitrogens with one attached hydrogen (secondary N) is 1. The Labute approximate surface area is 131 Å². The van der Waals surface area contributed by atoms with Crippen molar-refractivity contribution in [3.63, 3.8) is 0 Å². The summed E-state index contributed by atoms with van der Waals surface area (Å²) in [5.74, 6) is 0.277. The third kappa shape index (κ3) is 5.00. The van der Waals surface area contributed by atoms with Crippen LogP contribution in [0.2, 0.25) is 0 Å². The fourth-order valence-corrected chi connectivity index (χ4v) is 2.13. The molecule has 0 spiro atoms. The van der Waals surface area contributed by atoms with E-state index in [9.17, 15) is 4.79 Å². The van der Waals surface area contributed by atoms with Crippen LogP contribution in [-0.2, 0) is 4.79 Å². The molecule has 1 aromatic carbocycles. The lowest BCUT2D eigenvalue weighted by atomic mass is 10.2. The van der Waals surface area contributed by atoms with Crippen LogP contribution in [0, 0.1) is 6.92 Å². The number of halogens is 1. The van der Waals surface area contributed by atoms with Gasteiger partial charge in [0.1, 0.15) is 5.75 Å². The highest BCUT2D eigenvalue weighted by atomic mass is 79.9. The van der Waals surface area contributed by atoms with E-state index in [1.807, 2.05) is 37.3 Å². The maximum atomic E-state index is 11.6. The van der Waals surface area contributed by atoms with Gasteiger partial charge in [-0.2, -0.15) is 5.10 Å². The standard InChI is InChI=1S/C15H14BrN3O2/c1-11-5-6-14(13(16)8-11)21-10-15(20)19-18-9-12-4-2-3-7-17-12/h2-9H,10H2,1H3,(H,19,20)/b18-9+. The van der Waals surface area contributed by atoms with Crippen LogP contribution in [0.4, 0.5) is 0 Å². The molecule has 2 rings (SSSR count). The Hall–Kier alpha value is -2.21. The molecule has 0 aliphatic rings. The van der Waals surface area contributed by atoms with Crippen LogP contribution in [0.3, 0.4) is 0 Å². The Morgan fingerprint density at radius 1 is 1.43 bits per heavy atom. The summed E-state index contributed by atoms with van der Waals surface area (Å²) in [5, 5.41) is 3.81. The molecular weight excluding hydrogens is 334 g/mol. The van der Waals surface area contributed by atoms with Crippen molar-refractivity contribution in [2.75, 3.05) is 6.61 Å². The van der Waals surface area contributed by atoms with Gasteiger partial charge in [0.15, 0.2) is 6.61 Å². The van der Waals surface area contributed by atoms with Gasteiger partial charge in [-0.1, -0.05) is 12.1 Å². The SMILES string of the molecule is Cc1ccc(OCC(=O)N/N=C/c2ccccn2)c(Br)c1. The number of rotatable bonds is 5. The Bertz CT molecular complexity index is 645. The predicted octanol–water partition coefficient (Wildman–Crippen LogP) is 2.68. The number of nitrogens with zero attached hydrogens (tertiary/aromatic N) is 2. The van der Waals surface area contributed by atoms with Crippen LogP contribution in [-0.4, -0.2) is 23.7 Å². The molecule has 1 heterocycles. The van der Waals surface area contributed by atoms with Gasteiger partial charge in [0.05, 0.1) is 16.4 Å². The minimum Gasteiger partial charge on any atom is -0.483 e. The molecule has 0 radical (unpaired) electrons. The lowest BCUT2D eigenvalue weighted by Crippen LogP contribution is -2.24. The highest BCUT2D eigenvalue weighted by molar-refractivity contribution is 9.10. The third-order valence-corrected chi connectivity index (χ3v) is 3.14. The fourth-order valence-electron chi connectivity index (χ4n) is 1.52. The molecule has 0 aliphatic carbocycles. The second-order valence-corrected chi connectivity index (χ2v) is 5.12. The lowest BCUT2D eigenvalue weighted by molar-refractivity contribution is -0.123. The van der Waals surface area contributed by atoms with Gasteiger partial charge in [-0.25, -0.2) is 5.43 Å². The summed E-state index contributed by atoms with van der Waals surface area (Å²) < 4.78 is 6.22. The monoisotopic (exact) mass is 347 g/mol. The summed E-state index contributed by atoms with van der Waals surface area (Å²) in [5.41, 5.74) is 4.16. The fraction of sp³-hybridized carbons (Fsp3) is 0.133. The van der Waals surface area contributed by atoms with Gasteiger partial charge >= 0.3 is 0 Å². The minimum absolute atomic E-state index is 0.110. The molecule has 1 amide bonds. The number of carbonyl (C=O) groups excluding carboxylic acids is 1. The van der Waals surface area contributed by atoms with Gasteiger partial charge < -0.3 is 4.74 Å². The van der Waals surface area contributed by atoms with Crippen molar-refractivity contribution < 1.29 is 9.53 Å².